The molecule has 6 heteroatoms. The second-order valence-electron chi connectivity index (χ2n) is 6.00. The molecule has 130 valence electrons. The average molecular weight is 353 g/mol. The van der Waals surface area contributed by atoms with Gasteiger partial charge in [-0.3, -0.25) is 0 Å². The molecule has 2 aromatic carbocycles. The molecule has 0 radical (unpaired) electrons. The highest BCUT2D eigenvalue weighted by Gasteiger charge is 2.19. The largest absolute Gasteiger partial charge is 0.309 e. The molecule has 0 fully saturated rings. The monoisotopic (exact) mass is 353 g/mol. The van der Waals surface area contributed by atoms with E-state index >= 15 is 0 Å². The molecule has 1 N–H and O–H groups in total. The third-order valence-electron chi connectivity index (χ3n) is 4.27. The normalized spacial score (nSPS) is 13.7. The van der Waals surface area contributed by atoms with Crippen LogP contribution in [0.25, 0.3) is 16.8 Å². The van der Waals surface area contributed by atoms with Crippen molar-refractivity contribution in [1.82, 2.24) is 15.5 Å². The summed E-state index contributed by atoms with van der Waals surface area (Å²) in [5, 5.41) is 11.0. The number of benzene rings is 2. The van der Waals surface area contributed by atoms with E-state index in [0.29, 0.717) is 41.0 Å². The Labute approximate surface area is 148 Å². The Balaban J connectivity index is 1.87. The lowest BCUT2D eigenvalue weighted by Gasteiger charge is -2.14. The van der Waals surface area contributed by atoms with Gasteiger partial charge in [0.2, 0.25) is 0 Å². The van der Waals surface area contributed by atoms with Gasteiger partial charge in [0.1, 0.15) is 17.5 Å². The van der Waals surface area contributed by atoms with Gasteiger partial charge in [-0.05, 0) is 58.7 Å². The Kier molecular flexibility index (Phi) is 4.26. The molecule has 0 amide bonds. The molecule has 0 saturated heterocycles. The van der Waals surface area contributed by atoms with Crippen LogP contribution in [0.4, 0.5) is 13.2 Å². The van der Waals surface area contributed by atoms with E-state index < -0.39 is 17.5 Å². The van der Waals surface area contributed by atoms with Crippen molar-refractivity contribution < 1.29 is 13.2 Å². The molecule has 4 rings (SSSR count). The van der Waals surface area contributed by atoms with E-state index in [2.05, 4.69) is 15.5 Å². The van der Waals surface area contributed by atoms with Gasteiger partial charge >= 0.3 is 0 Å². The standard InChI is InChI=1S/C20H14F3N3/c21-14-6-12(7-15(22)9-14)16-3-5-24-11-13-8-18(19(23)10-17(13)16)20-2-1-4-25-26-20/h1-4,6-10,24H,5,11H2. The molecule has 3 nitrogen and oxygen atoms in total. The summed E-state index contributed by atoms with van der Waals surface area (Å²) in [7, 11) is 0. The van der Waals surface area contributed by atoms with Gasteiger partial charge in [0.05, 0.1) is 5.69 Å². The van der Waals surface area contributed by atoms with Crippen molar-refractivity contribution in [2.45, 2.75) is 6.54 Å². The topological polar surface area (TPSA) is 37.8 Å². The molecule has 0 aliphatic carbocycles. The molecule has 1 aliphatic heterocycles. The number of fused-ring (bicyclic) bond motifs is 1. The minimum absolute atomic E-state index is 0.338. The first-order valence-electron chi connectivity index (χ1n) is 8.10. The summed E-state index contributed by atoms with van der Waals surface area (Å²) in [5.74, 6) is -1.80. The van der Waals surface area contributed by atoms with E-state index in [1.165, 1.54) is 24.4 Å². The number of halogens is 3. The predicted octanol–water partition coefficient (Wildman–Crippen LogP) is 4.10. The molecule has 0 saturated carbocycles. The zero-order valence-corrected chi connectivity index (χ0v) is 13.6. The Morgan fingerprint density at radius 3 is 2.46 bits per heavy atom. The number of hydrogen-bond acceptors (Lipinski definition) is 3. The van der Waals surface area contributed by atoms with Crippen LogP contribution in [-0.2, 0) is 6.54 Å². The Morgan fingerprint density at radius 2 is 1.73 bits per heavy atom. The maximum atomic E-state index is 14.8. The van der Waals surface area contributed by atoms with E-state index in [1.807, 2.05) is 6.08 Å². The zero-order valence-electron chi connectivity index (χ0n) is 13.6. The number of nitrogens with zero attached hydrogens (tertiary/aromatic N) is 2. The summed E-state index contributed by atoms with van der Waals surface area (Å²) in [6.45, 7) is 1.00. The second-order valence-corrected chi connectivity index (χ2v) is 6.00. The summed E-state index contributed by atoms with van der Waals surface area (Å²) < 4.78 is 42.1. The Hall–Kier alpha value is -2.99. The Bertz CT molecular complexity index is 980. The lowest BCUT2D eigenvalue weighted by molar-refractivity contribution is 0.582. The SMILES string of the molecule is Fc1cc(F)cc(C2=CCNCc3cc(-c4cccnn4)c(F)cc32)c1. The van der Waals surface area contributed by atoms with Gasteiger partial charge in [0.25, 0.3) is 0 Å². The van der Waals surface area contributed by atoms with Gasteiger partial charge in [0.15, 0.2) is 0 Å². The highest BCUT2D eigenvalue weighted by atomic mass is 19.1. The summed E-state index contributed by atoms with van der Waals surface area (Å²) in [4.78, 5) is 0. The van der Waals surface area contributed by atoms with Crippen LogP contribution in [0.3, 0.4) is 0 Å². The maximum absolute atomic E-state index is 14.8. The molecule has 2 heterocycles. The fraction of sp³-hybridized carbons (Fsp3) is 0.100. The van der Waals surface area contributed by atoms with Crippen LogP contribution in [0.5, 0.6) is 0 Å². The van der Waals surface area contributed by atoms with Crippen LogP contribution in [0.2, 0.25) is 0 Å². The Morgan fingerprint density at radius 1 is 0.923 bits per heavy atom. The number of rotatable bonds is 2. The van der Waals surface area contributed by atoms with Crippen LogP contribution >= 0.6 is 0 Å². The summed E-state index contributed by atoms with van der Waals surface area (Å²) in [6, 6.07) is 9.78. The van der Waals surface area contributed by atoms with Crippen LogP contribution < -0.4 is 5.32 Å². The van der Waals surface area contributed by atoms with E-state index in [9.17, 15) is 13.2 Å². The van der Waals surface area contributed by atoms with Crippen molar-refractivity contribution in [3.05, 3.63) is 88.9 Å². The number of hydrogen-bond donors (Lipinski definition) is 1. The van der Waals surface area contributed by atoms with Crippen molar-refractivity contribution in [2.24, 2.45) is 0 Å². The predicted molar refractivity (Wildman–Crippen MR) is 92.6 cm³/mol. The molecule has 3 aromatic rings. The van der Waals surface area contributed by atoms with Gasteiger partial charge in [-0.25, -0.2) is 13.2 Å². The van der Waals surface area contributed by atoms with E-state index in [1.54, 1.807) is 18.2 Å². The second kappa shape index (κ2) is 6.72. The lowest BCUT2D eigenvalue weighted by Crippen LogP contribution is -2.11. The summed E-state index contributed by atoms with van der Waals surface area (Å²) >= 11 is 0. The van der Waals surface area contributed by atoms with Crippen molar-refractivity contribution in [1.29, 1.82) is 0 Å². The number of aromatic nitrogens is 2. The van der Waals surface area contributed by atoms with Crippen molar-refractivity contribution >= 4 is 5.57 Å². The van der Waals surface area contributed by atoms with E-state index in [0.717, 1.165) is 11.6 Å². The molecule has 1 aliphatic rings. The van der Waals surface area contributed by atoms with Crippen LogP contribution in [0.1, 0.15) is 16.7 Å². The fourth-order valence-corrected chi connectivity index (χ4v) is 3.13. The van der Waals surface area contributed by atoms with Crippen molar-refractivity contribution in [3.63, 3.8) is 0 Å². The van der Waals surface area contributed by atoms with Crippen molar-refractivity contribution in [2.75, 3.05) is 6.54 Å². The molecule has 0 atom stereocenters. The van der Waals surface area contributed by atoms with Gasteiger partial charge in [0, 0.05) is 30.9 Å². The van der Waals surface area contributed by atoms with E-state index in [-0.39, 0.29) is 0 Å². The van der Waals surface area contributed by atoms with Crippen LogP contribution in [-0.4, -0.2) is 16.7 Å². The van der Waals surface area contributed by atoms with Gasteiger partial charge in [-0.2, -0.15) is 10.2 Å². The molecule has 0 unspecified atom stereocenters. The summed E-state index contributed by atoms with van der Waals surface area (Å²) in [6.07, 6.45) is 3.33. The smallest absolute Gasteiger partial charge is 0.133 e. The minimum atomic E-state index is -0.670. The highest BCUT2D eigenvalue weighted by Crippen LogP contribution is 2.33. The first-order valence-corrected chi connectivity index (χ1v) is 8.10. The van der Waals surface area contributed by atoms with Crippen molar-refractivity contribution in [3.8, 4) is 11.3 Å². The molecular weight excluding hydrogens is 339 g/mol. The zero-order chi connectivity index (χ0) is 18.1. The fourth-order valence-electron chi connectivity index (χ4n) is 3.13. The third-order valence-corrected chi connectivity index (χ3v) is 4.27. The van der Waals surface area contributed by atoms with Gasteiger partial charge in [-0.1, -0.05) is 6.08 Å². The quantitative estimate of drug-likeness (QED) is 0.754. The van der Waals surface area contributed by atoms with Crippen LogP contribution in [0.15, 0.2) is 54.7 Å². The molecule has 0 bridgehead atoms. The lowest BCUT2D eigenvalue weighted by atomic mass is 9.92. The highest BCUT2D eigenvalue weighted by molar-refractivity contribution is 5.83. The molecular formula is C20H14F3N3. The van der Waals surface area contributed by atoms with E-state index in [4.69, 9.17) is 0 Å². The summed E-state index contributed by atoms with van der Waals surface area (Å²) in [5.41, 5.74) is 3.16. The molecule has 1 aromatic heterocycles. The van der Waals surface area contributed by atoms with Gasteiger partial charge in [-0.15, -0.1) is 0 Å². The molecule has 0 spiro atoms. The van der Waals surface area contributed by atoms with Crippen LogP contribution in [0, 0.1) is 17.5 Å². The number of nitrogens with one attached hydrogen (secondary N) is 1. The first kappa shape index (κ1) is 16.5. The average Bonchev–Trinajstić information content (AvgIpc) is 2.83. The maximum Gasteiger partial charge on any atom is 0.133 e. The third kappa shape index (κ3) is 3.11. The minimum Gasteiger partial charge on any atom is -0.309 e. The van der Waals surface area contributed by atoms with Gasteiger partial charge < -0.3 is 5.32 Å². The molecule has 26 heavy (non-hydrogen) atoms. The first-order chi connectivity index (χ1) is 12.6.